The average Bonchev–Trinajstić information content (AvgIpc) is 2.61. The van der Waals surface area contributed by atoms with Crippen LogP contribution in [-0.4, -0.2) is 48.6 Å². The number of carbonyl (C=O) groups is 2. The lowest BCUT2D eigenvalue weighted by Gasteiger charge is -2.42. The number of nitrogens with two attached hydrogens (primary N) is 1. The second-order valence-corrected chi connectivity index (χ2v) is 8.74. The van der Waals surface area contributed by atoms with Gasteiger partial charge in [0.25, 0.3) is 0 Å². The van der Waals surface area contributed by atoms with E-state index in [-0.39, 0.29) is 23.4 Å². The maximum absolute atomic E-state index is 12.4. The third-order valence-electron chi connectivity index (χ3n) is 5.96. The van der Waals surface area contributed by atoms with Crippen LogP contribution in [0.2, 0.25) is 0 Å². The van der Waals surface area contributed by atoms with Gasteiger partial charge < -0.3 is 21.3 Å². The lowest BCUT2D eigenvalue weighted by molar-refractivity contribution is -0.134. The number of hydrogen-bond acceptors (Lipinski definition) is 3. The summed E-state index contributed by atoms with van der Waals surface area (Å²) in [6.07, 6.45) is 10.2. The van der Waals surface area contributed by atoms with E-state index < -0.39 is 0 Å². The Balaban J connectivity index is 1.51. The van der Waals surface area contributed by atoms with Crippen LogP contribution < -0.4 is 16.4 Å². The first kappa shape index (κ1) is 21.0. The molecule has 1 saturated carbocycles. The van der Waals surface area contributed by atoms with Crippen LogP contribution in [0.3, 0.4) is 0 Å². The highest BCUT2D eigenvalue weighted by Crippen LogP contribution is 2.28. The van der Waals surface area contributed by atoms with Crippen molar-refractivity contribution >= 4 is 11.9 Å². The summed E-state index contributed by atoms with van der Waals surface area (Å²) in [6.45, 7) is 6.50. The number of nitrogens with one attached hydrogen (secondary N) is 2. The Morgan fingerprint density at radius 3 is 2.50 bits per heavy atom. The Labute approximate surface area is 158 Å². The molecule has 1 atom stereocenters. The lowest BCUT2D eigenvalue weighted by Crippen LogP contribution is -2.53. The van der Waals surface area contributed by atoms with Crippen molar-refractivity contribution in [3.63, 3.8) is 0 Å². The van der Waals surface area contributed by atoms with E-state index in [4.69, 9.17) is 5.73 Å². The molecule has 0 aromatic heterocycles. The molecule has 1 aliphatic carbocycles. The Kier molecular flexibility index (Phi) is 8.19. The van der Waals surface area contributed by atoms with Gasteiger partial charge in [-0.05, 0) is 37.5 Å². The number of likely N-dealkylation sites (tertiary alicyclic amines) is 1. The maximum Gasteiger partial charge on any atom is 0.315 e. The summed E-state index contributed by atoms with van der Waals surface area (Å²) in [5, 5.41) is 6.00. The van der Waals surface area contributed by atoms with Gasteiger partial charge >= 0.3 is 6.03 Å². The van der Waals surface area contributed by atoms with Crippen molar-refractivity contribution in [2.75, 3.05) is 19.6 Å². The first-order valence-corrected chi connectivity index (χ1v) is 10.5. The summed E-state index contributed by atoms with van der Waals surface area (Å²) in [4.78, 5) is 26.2. The van der Waals surface area contributed by atoms with Gasteiger partial charge in [0.15, 0.2) is 0 Å². The minimum atomic E-state index is -0.0418. The minimum Gasteiger partial charge on any atom is -0.342 e. The van der Waals surface area contributed by atoms with Gasteiger partial charge in [-0.25, -0.2) is 4.79 Å². The molecule has 4 N–H and O–H groups in total. The van der Waals surface area contributed by atoms with Crippen LogP contribution in [-0.2, 0) is 4.79 Å². The van der Waals surface area contributed by atoms with Crippen molar-refractivity contribution < 1.29 is 9.59 Å². The molecule has 2 rings (SSSR count). The van der Waals surface area contributed by atoms with Crippen molar-refractivity contribution in [3.8, 4) is 0 Å². The second-order valence-electron chi connectivity index (χ2n) is 8.74. The first-order valence-electron chi connectivity index (χ1n) is 10.5. The molecule has 150 valence electrons. The summed E-state index contributed by atoms with van der Waals surface area (Å²) >= 11 is 0. The topological polar surface area (TPSA) is 87.5 Å². The number of amides is 3. The Bertz CT molecular complexity index is 461. The molecule has 2 aliphatic rings. The summed E-state index contributed by atoms with van der Waals surface area (Å²) in [5.74, 6) is 0.243. The SMILES string of the molecule is CC1(C)CN(C(=O)CCCCCNC(=O)NC2CCCCC2)CCC1N. The molecule has 1 unspecified atom stereocenters. The highest BCUT2D eigenvalue weighted by molar-refractivity contribution is 5.76. The molecule has 0 bridgehead atoms. The van der Waals surface area contributed by atoms with Gasteiger partial charge in [-0.1, -0.05) is 39.5 Å². The Hall–Kier alpha value is -1.30. The summed E-state index contributed by atoms with van der Waals surface area (Å²) in [5.41, 5.74) is 6.14. The van der Waals surface area contributed by atoms with E-state index in [0.717, 1.165) is 51.6 Å². The molecule has 0 aromatic rings. The van der Waals surface area contributed by atoms with Crippen molar-refractivity contribution in [2.45, 2.75) is 90.1 Å². The molecule has 0 radical (unpaired) electrons. The molecular formula is C20H38N4O2. The van der Waals surface area contributed by atoms with Gasteiger partial charge in [-0.15, -0.1) is 0 Å². The molecule has 0 aromatic carbocycles. The number of carbonyl (C=O) groups excluding carboxylic acids is 2. The highest BCUT2D eigenvalue weighted by Gasteiger charge is 2.34. The zero-order valence-corrected chi connectivity index (χ0v) is 16.7. The number of hydrogen-bond donors (Lipinski definition) is 3. The molecule has 2 fully saturated rings. The molecule has 6 heteroatoms. The number of rotatable bonds is 7. The number of nitrogens with zero attached hydrogens (tertiary/aromatic N) is 1. The fourth-order valence-electron chi connectivity index (χ4n) is 4.01. The predicted octanol–water partition coefficient (Wildman–Crippen LogP) is 2.76. The Morgan fingerprint density at radius 1 is 1.08 bits per heavy atom. The van der Waals surface area contributed by atoms with Crippen molar-refractivity contribution in [1.82, 2.24) is 15.5 Å². The van der Waals surface area contributed by atoms with E-state index in [9.17, 15) is 9.59 Å². The molecule has 1 saturated heterocycles. The standard InChI is InChI=1S/C20H38N4O2/c1-20(2)15-24(14-12-17(20)21)18(25)11-7-4-8-13-22-19(26)23-16-9-5-3-6-10-16/h16-17H,3-15,21H2,1-2H3,(H2,22,23,26). The van der Waals surface area contributed by atoms with Crippen molar-refractivity contribution in [2.24, 2.45) is 11.1 Å². The molecule has 1 heterocycles. The lowest BCUT2D eigenvalue weighted by atomic mass is 9.79. The average molecular weight is 367 g/mol. The normalized spacial score (nSPS) is 23.5. The minimum absolute atomic E-state index is 0.00350. The largest absolute Gasteiger partial charge is 0.342 e. The summed E-state index contributed by atoms with van der Waals surface area (Å²) in [7, 11) is 0. The molecule has 26 heavy (non-hydrogen) atoms. The molecule has 1 aliphatic heterocycles. The number of unbranched alkanes of at least 4 members (excludes halogenated alkanes) is 2. The fourth-order valence-corrected chi connectivity index (χ4v) is 4.01. The van der Waals surface area contributed by atoms with Crippen LogP contribution in [0.1, 0.15) is 78.1 Å². The summed E-state index contributed by atoms with van der Waals surface area (Å²) in [6, 6.07) is 0.487. The van der Waals surface area contributed by atoms with Gasteiger partial charge in [0.1, 0.15) is 0 Å². The van der Waals surface area contributed by atoms with E-state index in [1.165, 1.54) is 19.3 Å². The third-order valence-corrected chi connectivity index (χ3v) is 5.96. The van der Waals surface area contributed by atoms with Gasteiger partial charge in [0.05, 0.1) is 0 Å². The van der Waals surface area contributed by atoms with Crippen LogP contribution in [0.15, 0.2) is 0 Å². The van der Waals surface area contributed by atoms with Crippen LogP contribution in [0.25, 0.3) is 0 Å². The number of urea groups is 1. The highest BCUT2D eigenvalue weighted by atomic mass is 16.2. The van der Waals surface area contributed by atoms with E-state index in [1.807, 2.05) is 4.90 Å². The van der Waals surface area contributed by atoms with E-state index >= 15 is 0 Å². The van der Waals surface area contributed by atoms with Crippen LogP contribution in [0.5, 0.6) is 0 Å². The molecule has 3 amide bonds. The van der Waals surface area contributed by atoms with Gasteiger partial charge in [0, 0.05) is 38.1 Å². The Morgan fingerprint density at radius 2 is 1.81 bits per heavy atom. The van der Waals surface area contributed by atoms with Crippen molar-refractivity contribution in [1.29, 1.82) is 0 Å². The first-order chi connectivity index (χ1) is 12.4. The molecule has 0 spiro atoms. The van der Waals surface area contributed by atoms with Crippen LogP contribution in [0.4, 0.5) is 4.79 Å². The monoisotopic (exact) mass is 366 g/mol. The number of piperidine rings is 1. The van der Waals surface area contributed by atoms with Gasteiger partial charge in [0.2, 0.25) is 5.91 Å². The summed E-state index contributed by atoms with van der Waals surface area (Å²) < 4.78 is 0. The van der Waals surface area contributed by atoms with E-state index in [0.29, 0.717) is 19.0 Å². The predicted molar refractivity (Wildman–Crippen MR) is 105 cm³/mol. The molecule has 6 nitrogen and oxygen atoms in total. The van der Waals surface area contributed by atoms with Crippen molar-refractivity contribution in [3.05, 3.63) is 0 Å². The zero-order valence-electron chi connectivity index (χ0n) is 16.7. The maximum atomic E-state index is 12.4. The second kappa shape index (κ2) is 10.1. The van der Waals surface area contributed by atoms with Gasteiger partial charge in [-0.2, -0.15) is 0 Å². The molecular weight excluding hydrogens is 328 g/mol. The zero-order chi connectivity index (χ0) is 19.0. The van der Waals surface area contributed by atoms with Crippen LogP contribution >= 0.6 is 0 Å². The fraction of sp³-hybridized carbons (Fsp3) is 0.900. The quantitative estimate of drug-likeness (QED) is 0.606. The van der Waals surface area contributed by atoms with Gasteiger partial charge in [-0.3, -0.25) is 4.79 Å². The smallest absolute Gasteiger partial charge is 0.315 e. The third kappa shape index (κ3) is 6.78. The van der Waals surface area contributed by atoms with Crippen LogP contribution in [0, 0.1) is 5.41 Å². The van der Waals surface area contributed by atoms with E-state index in [1.54, 1.807) is 0 Å². The van der Waals surface area contributed by atoms with E-state index in [2.05, 4.69) is 24.5 Å².